The highest BCUT2D eigenvalue weighted by Crippen LogP contribution is 2.50. The number of nitro groups is 1. The lowest BCUT2D eigenvalue weighted by Gasteiger charge is -2.38. The molecule has 36 heavy (non-hydrogen) atoms. The third-order valence-electron chi connectivity index (χ3n) is 7.32. The fourth-order valence-corrected chi connectivity index (χ4v) is 5.67. The molecule has 10 heteroatoms. The van der Waals surface area contributed by atoms with Crippen LogP contribution in [-0.4, -0.2) is 40.9 Å². The van der Waals surface area contributed by atoms with Crippen LogP contribution in [0.15, 0.2) is 60.7 Å². The summed E-state index contributed by atoms with van der Waals surface area (Å²) in [5.74, 6) is -1.04. The Kier molecular flexibility index (Phi) is 6.17. The van der Waals surface area contributed by atoms with Gasteiger partial charge in [-0.05, 0) is 36.3 Å². The van der Waals surface area contributed by atoms with E-state index in [2.05, 4.69) is 10.6 Å². The van der Waals surface area contributed by atoms with Crippen LogP contribution in [0.5, 0.6) is 5.75 Å². The predicted molar refractivity (Wildman–Crippen MR) is 130 cm³/mol. The normalized spacial score (nSPS) is 24.9. The van der Waals surface area contributed by atoms with E-state index in [0.29, 0.717) is 0 Å². The predicted octanol–water partition coefficient (Wildman–Crippen LogP) is 3.49. The zero-order chi connectivity index (χ0) is 25.4. The van der Waals surface area contributed by atoms with Gasteiger partial charge in [0.05, 0.1) is 29.6 Å². The Bertz CT molecular complexity index is 1210. The number of nitro benzene ring substituents is 1. The van der Waals surface area contributed by atoms with E-state index in [9.17, 15) is 24.5 Å². The van der Waals surface area contributed by atoms with Crippen LogP contribution in [0, 0.1) is 33.8 Å². The molecule has 0 unspecified atom stereocenters. The van der Waals surface area contributed by atoms with E-state index < -0.39 is 29.0 Å². The van der Waals surface area contributed by atoms with Gasteiger partial charge in [0.25, 0.3) is 5.69 Å². The van der Waals surface area contributed by atoms with E-state index >= 15 is 0 Å². The van der Waals surface area contributed by atoms with Crippen molar-refractivity contribution >= 4 is 29.2 Å². The summed E-state index contributed by atoms with van der Waals surface area (Å²) in [7, 11) is 1.38. The van der Waals surface area contributed by atoms with E-state index in [1.165, 1.54) is 30.2 Å². The van der Waals surface area contributed by atoms with Gasteiger partial charge in [0.2, 0.25) is 11.8 Å². The number of anilines is 1. The zero-order valence-corrected chi connectivity index (χ0v) is 19.6. The first-order chi connectivity index (χ1) is 17.4. The summed E-state index contributed by atoms with van der Waals surface area (Å²) in [4.78, 5) is 52.0. The van der Waals surface area contributed by atoms with Gasteiger partial charge in [-0.1, -0.05) is 42.5 Å². The SMILES string of the molecule is COc1ccc([N+](=O)[O-])cc1NC(=O)N[C@@H](Cc1ccccc1)N1C(=O)[C@@H]2[C@H](C1=O)[C@H]1C=C[C@H]2CC1. The third-order valence-corrected chi connectivity index (χ3v) is 7.32. The molecule has 1 heterocycles. The highest BCUT2D eigenvalue weighted by Gasteiger charge is 2.58. The van der Waals surface area contributed by atoms with Crippen LogP contribution >= 0.6 is 0 Å². The number of benzene rings is 2. The highest BCUT2D eigenvalue weighted by atomic mass is 16.6. The molecule has 1 aliphatic heterocycles. The molecule has 186 valence electrons. The number of allylic oxidation sites excluding steroid dienone is 2. The van der Waals surface area contributed by atoms with Gasteiger partial charge in [0.1, 0.15) is 11.9 Å². The second kappa shape index (κ2) is 9.44. The van der Waals surface area contributed by atoms with E-state index in [1.807, 2.05) is 42.5 Å². The fourth-order valence-electron chi connectivity index (χ4n) is 5.67. The van der Waals surface area contributed by atoms with Crippen LogP contribution in [0.3, 0.4) is 0 Å². The second-order valence-corrected chi connectivity index (χ2v) is 9.33. The van der Waals surface area contributed by atoms with Crippen molar-refractivity contribution in [2.24, 2.45) is 23.7 Å². The van der Waals surface area contributed by atoms with Crippen LogP contribution < -0.4 is 15.4 Å². The number of likely N-dealkylation sites (tertiary alicyclic amines) is 1. The number of urea groups is 1. The minimum atomic E-state index is -0.929. The van der Waals surface area contributed by atoms with Gasteiger partial charge in [-0.25, -0.2) is 4.79 Å². The zero-order valence-electron chi connectivity index (χ0n) is 19.6. The molecular formula is C26H26N4O6. The number of hydrogen-bond acceptors (Lipinski definition) is 6. The summed E-state index contributed by atoms with van der Waals surface area (Å²) in [5, 5.41) is 16.5. The molecule has 4 amide bonds. The van der Waals surface area contributed by atoms with Crippen LogP contribution in [0.2, 0.25) is 0 Å². The average Bonchev–Trinajstić information content (AvgIpc) is 3.17. The maximum absolute atomic E-state index is 13.5. The molecule has 2 fully saturated rings. The summed E-state index contributed by atoms with van der Waals surface area (Å²) < 4.78 is 5.22. The molecule has 2 aromatic carbocycles. The molecule has 2 aromatic rings. The third kappa shape index (κ3) is 4.19. The average molecular weight is 491 g/mol. The lowest BCUT2D eigenvalue weighted by atomic mass is 9.63. The van der Waals surface area contributed by atoms with E-state index in [0.717, 1.165) is 18.4 Å². The molecule has 1 saturated carbocycles. The number of methoxy groups -OCH3 is 1. The summed E-state index contributed by atoms with van der Waals surface area (Å²) in [6.45, 7) is 0. The van der Waals surface area contributed by atoms with Crippen molar-refractivity contribution in [2.45, 2.75) is 25.4 Å². The maximum Gasteiger partial charge on any atom is 0.320 e. The van der Waals surface area contributed by atoms with Crippen LogP contribution in [0.25, 0.3) is 0 Å². The van der Waals surface area contributed by atoms with Gasteiger partial charge in [-0.2, -0.15) is 0 Å². The monoisotopic (exact) mass is 490 g/mol. The molecule has 5 atom stereocenters. The topological polar surface area (TPSA) is 131 Å². The van der Waals surface area contributed by atoms with Crippen molar-refractivity contribution in [1.29, 1.82) is 0 Å². The number of carbonyl (C=O) groups excluding carboxylic acids is 3. The molecule has 1 saturated heterocycles. The first-order valence-electron chi connectivity index (χ1n) is 11.9. The Hall–Kier alpha value is -4.21. The van der Waals surface area contributed by atoms with E-state index in [4.69, 9.17) is 4.74 Å². The van der Waals surface area contributed by atoms with Crippen molar-refractivity contribution in [3.8, 4) is 5.75 Å². The van der Waals surface area contributed by atoms with Gasteiger partial charge in [-0.15, -0.1) is 0 Å². The molecule has 2 bridgehead atoms. The summed E-state index contributed by atoms with van der Waals surface area (Å²) in [6, 6.07) is 12.4. The fraction of sp³-hybridized carbons (Fsp3) is 0.346. The number of rotatable bonds is 7. The molecule has 2 N–H and O–H groups in total. The first-order valence-corrected chi connectivity index (χ1v) is 11.9. The van der Waals surface area contributed by atoms with Crippen molar-refractivity contribution in [1.82, 2.24) is 10.2 Å². The molecule has 0 spiro atoms. The summed E-state index contributed by atoms with van der Waals surface area (Å²) in [6.07, 6.45) is 5.13. The van der Waals surface area contributed by atoms with E-state index in [-0.39, 0.29) is 47.2 Å². The molecule has 0 aromatic heterocycles. The van der Waals surface area contributed by atoms with Gasteiger partial charge < -0.3 is 15.4 Å². The number of fused-ring (bicyclic) bond motifs is 1. The Balaban J connectivity index is 1.41. The number of nitrogens with zero attached hydrogens (tertiary/aromatic N) is 2. The van der Waals surface area contributed by atoms with Crippen LogP contribution in [-0.2, 0) is 16.0 Å². The van der Waals surface area contributed by atoms with Gasteiger partial charge >= 0.3 is 6.03 Å². The molecule has 0 radical (unpaired) electrons. The van der Waals surface area contributed by atoms with Crippen molar-refractivity contribution < 1.29 is 24.0 Å². The molecule has 4 aliphatic rings. The number of amides is 4. The Morgan fingerprint density at radius 2 is 1.72 bits per heavy atom. The lowest BCUT2D eigenvalue weighted by molar-refractivity contribution is -0.384. The number of imide groups is 1. The quantitative estimate of drug-likeness (QED) is 0.264. The Labute approximate surface area is 207 Å². The number of nitrogens with one attached hydrogen (secondary N) is 2. The maximum atomic E-state index is 13.5. The lowest BCUT2D eigenvalue weighted by Crippen LogP contribution is -2.53. The van der Waals surface area contributed by atoms with Crippen molar-refractivity contribution in [3.05, 3.63) is 76.4 Å². The molecule has 3 aliphatic carbocycles. The van der Waals surface area contributed by atoms with Gasteiger partial charge in [-0.3, -0.25) is 24.6 Å². The number of hydrogen-bond donors (Lipinski definition) is 2. The second-order valence-electron chi connectivity index (χ2n) is 9.33. The van der Waals surface area contributed by atoms with E-state index in [1.54, 1.807) is 0 Å². The molecule has 6 rings (SSSR count). The largest absolute Gasteiger partial charge is 0.495 e. The Morgan fingerprint density at radius 1 is 1.08 bits per heavy atom. The van der Waals surface area contributed by atoms with Gasteiger partial charge in [0.15, 0.2) is 0 Å². The minimum Gasteiger partial charge on any atom is -0.495 e. The number of ether oxygens (including phenoxy) is 1. The standard InChI is InChI=1S/C26H26N4O6/c1-36-20-12-11-18(30(34)35)14-19(20)27-26(33)28-21(13-15-5-3-2-4-6-15)29-24(31)22-16-7-8-17(10-9-16)23(22)25(29)32/h2-8,11-12,14,16-17,21-23H,9-10,13H2,1H3,(H2,27,28,33)/t16-,17-,21+,22-,23+/m0/s1. The summed E-state index contributed by atoms with van der Waals surface area (Å²) in [5.41, 5.74) is 0.717. The number of carbonyl (C=O) groups is 3. The van der Waals surface area contributed by atoms with Crippen molar-refractivity contribution in [2.75, 3.05) is 12.4 Å². The highest BCUT2D eigenvalue weighted by molar-refractivity contribution is 6.06. The van der Waals surface area contributed by atoms with Crippen LogP contribution in [0.4, 0.5) is 16.2 Å². The number of non-ortho nitro benzene ring substituents is 1. The van der Waals surface area contributed by atoms with Gasteiger partial charge in [0, 0.05) is 18.6 Å². The van der Waals surface area contributed by atoms with Crippen LogP contribution in [0.1, 0.15) is 18.4 Å². The minimum absolute atomic E-state index is 0.0294. The Morgan fingerprint density at radius 3 is 2.28 bits per heavy atom. The van der Waals surface area contributed by atoms with Crippen molar-refractivity contribution in [3.63, 3.8) is 0 Å². The molecular weight excluding hydrogens is 464 g/mol. The summed E-state index contributed by atoms with van der Waals surface area (Å²) >= 11 is 0. The molecule has 10 nitrogen and oxygen atoms in total. The smallest absolute Gasteiger partial charge is 0.320 e. The first kappa shape index (κ1) is 23.5.